The van der Waals surface area contributed by atoms with Gasteiger partial charge in [0.25, 0.3) is 5.91 Å². The standard InChI is InChI=1S/C21H29F2N5O5S/c1-8-14-13(9(2)26-18(29)17(22)23)20(31)28(14)15(21(32)33)16(8)34-11-5-12(25-6-11)19(30)27-4-3-10(24)7-27/h8-14,17,25H,3-7,24H2,1-2H3,(H,26,29)(H,32,33)/t8-,9-,10+,11+,12+,13-,14+/m1/s1. The highest BCUT2D eigenvalue weighted by Crippen LogP contribution is 2.51. The monoisotopic (exact) mass is 501 g/mol. The molecule has 0 bridgehead atoms. The molecule has 0 aromatic rings. The van der Waals surface area contributed by atoms with E-state index in [0.29, 0.717) is 31.0 Å². The van der Waals surface area contributed by atoms with Crippen molar-refractivity contribution in [2.75, 3.05) is 19.6 Å². The van der Waals surface area contributed by atoms with E-state index in [4.69, 9.17) is 5.73 Å². The number of nitrogens with zero attached hydrogens (tertiary/aromatic N) is 2. The second-order valence-corrected chi connectivity index (χ2v) is 10.7. The molecular formula is C21H29F2N5O5S. The quantitative estimate of drug-likeness (QED) is 0.344. The van der Waals surface area contributed by atoms with E-state index in [1.54, 1.807) is 11.8 Å². The number of rotatable bonds is 7. The Morgan fingerprint density at radius 3 is 2.62 bits per heavy atom. The molecule has 0 aliphatic carbocycles. The van der Waals surface area contributed by atoms with Crippen molar-refractivity contribution in [1.82, 2.24) is 20.4 Å². The van der Waals surface area contributed by atoms with Crippen LogP contribution in [-0.2, 0) is 19.2 Å². The van der Waals surface area contributed by atoms with Crippen molar-refractivity contribution in [1.29, 1.82) is 0 Å². The number of carboxylic acid groups (broad SMARTS) is 1. The molecule has 0 unspecified atom stereocenters. The fourth-order valence-electron chi connectivity index (χ4n) is 5.44. The summed E-state index contributed by atoms with van der Waals surface area (Å²) in [4.78, 5) is 52.5. The first kappa shape index (κ1) is 24.9. The highest BCUT2D eigenvalue weighted by molar-refractivity contribution is 8.03. The van der Waals surface area contributed by atoms with E-state index in [2.05, 4.69) is 10.6 Å². The maximum absolute atomic E-state index is 12.8. The first-order valence-corrected chi connectivity index (χ1v) is 12.2. The minimum absolute atomic E-state index is 0.00869. The summed E-state index contributed by atoms with van der Waals surface area (Å²) in [5.41, 5.74) is 5.80. The van der Waals surface area contributed by atoms with Crippen LogP contribution in [0.2, 0.25) is 0 Å². The number of nitrogens with two attached hydrogens (primary N) is 1. The van der Waals surface area contributed by atoms with Gasteiger partial charge in [0, 0.05) is 47.8 Å². The lowest BCUT2D eigenvalue weighted by Crippen LogP contribution is -2.66. The molecule has 4 aliphatic rings. The maximum atomic E-state index is 12.8. The van der Waals surface area contributed by atoms with Gasteiger partial charge in [0.15, 0.2) is 0 Å². The molecule has 0 radical (unpaired) electrons. The number of alkyl halides is 2. The molecule has 4 aliphatic heterocycles. The highest BCUT2D eigenvalue weighted by Gasteiger charge is 2.60. The van der Waals surface area contributed by atoms with Crippen molar-refractivity contribution in [3.63, 3.8) is 0 Å². The van der Waals surface area contributed by atoms with Crippen LogP contribution in [0.1, 0.15) is 26.7 Å². The van der Waals surface area contributed by atoms with Gasteiger partial charge in [0.1, 0.15) is 5.70 Å². The molecule has 0 aromatic heterocycles. The molecule has 0 aromatic carbocycles. The molecular weight excluding hydrogens is 472 g/mol. The number of amides is 3. The van der Waals surface area contributed by atoms with E-state index in [9.17, 15) is 33.1 Å². The van der Waals surface area contributed by atoms with Crippen molar-refractivity contribution in [3.8, 4) is 0 Å². The number of thioether (sulfide) groups is 1. The molecule has 3 saturated heterocycles. The van der Waals surface area contributed by atoms with Gasteiger partial charge in [0.05, 0.1) is 18.0 Å². The number of hydrogen-bond donors (Lipinski definition) is 4. The summed E-state index contributed by atoms with van der Waals surface area (Å²) in [5.74, 6) is -4.35. The van der Waals surface area contributed by atoms with Crippen LogP contribution in [0.4, 0.5) is 8.78 Å². The summed E-state index contributed by atoms with van der Waals surface area (Å²) in [6, 6.07) is -1.78. The topological polar surface area (TPSA) is 145 Å². The molecule has 3 fully saturated rings. The van der Waals surface area contributed by atoms with Crippen LogP contribution in [0.15, 0.2) is 10.6 Å². The molecule has 13 heteroatoms. The SMILES string of the molecule is C[C@@H](NC(=O)C(F)F)[C@H]1C(=O)N2C(C(=O)O)=C(S[C@@H]3CN[C@H](C(=O)N4CC[C@H](N)C4)C3)[C@H](C)[C@@H]12. The number of aliphatic carboxylic acids is 1. The third-order valence-corrected chi connectivity index (χ3v) is 8.63. The van der Waals surface area contributed by atoms with Crippen molar-refractivity contribution in [3.05, 3.63) is 10.6 Å². The largest absolute Gasteiger partial charge is 0.477 e. The van der Waals surface area contributed by atoms with Gasteiger partial charge in [-0.2, -0.15) is 8.78 Å². The van der Waals surface area contributed by atoms with E-state index in [1.807, 2.05) is 0 Å². The lowest BCUT2D eigenvalue weighted by molar-refractivity contribution is -0.159. The number of carbonyl (C=O) groups excluding carboxylic acids is 3. The Bertz CT molecular complexity index is 933. The van der Waals surface area contributed by atoms with Gasteiger partial charge in [-0.1, -0.05) is 6.92 Å². The third-order valence-electron chi connectivity index (χ3n) is 7.12. The number of carbonyl (C=O) groups is 4. The van der Waals surface area contributed by atoms with Gasteiger partial charge < -0.3 is 31.3 Å². The minimum Gasteiger partial charge on any atom is -0.477 e. The van der Waals surface area contributed by atoms with E-state index >= 15 is 0 Å². The van der Waals surface area contributed by atoms with Crippen LogP contribution in [-0.4, -0.2) is 94.1 Å². The van der Waals surface area contributed by atoms with Crippen LogP contribution in [0.25, 0.3) is 0 Å². The molecule has 10 nitrogen and oxygen atoms in total. The molecule has 0 saturated carbocycles. The number of β-lactam (4-membered cyclic amide) rings is 1. The zero-order valence-corrected chi connectivity index (χ0v) is 19.7. The predicted molar refractivity (Wildman–Crippen MR) is 119 cm³/mol. The molecule has 4 rings (SSSR count). The van der Waals surface area contributed by atoms with E-state index in [-0.39, 0.29) is 34.9 Å². The Morgan fingerprint density at radius 2 is 2.03 bits per heavy atom. The molecule has 0 spiro atoms. The fourth-order valence-corrected chi connectivity index (χ4v) is 6.92. The molecule has 7 atom stereocenters. The average Bonchev–Trinajstić information content (AvgIpc) is 3.46. The van der Waals surface area contributed by atoms with Gasteiger partial charge in [-0.05, 0) is 19.8 Å². The summed E-state index contributed by atoms with van der Waals surface area (Å²) in [6.45, 7) is 4.93. The summed E-state index contributed by atoms with van der Waals surface area (Å²) in [6.07, 6.45) is -1.91. The van der Waals surface area contributed by atoms with E-state index in [0.717, 1.165) is 6.42 Å². The molecule has 4 heterocycles. The van der Waals surface area contributed by atoms with Crippen molar-refractivity contribution in [2.24, 2.45) is 17.6 Å². The average molecular weight is 502 g/mol. The highest BCUT2D eigenvalue weighted by atomic mass is 32.2. The van der Waals surface area contributed by atoms with E-state index in [1.165, 1.54) is 23.6 Å². The summed E-state index contributed by atoms with van der Waals surface area (Å²) >= 11 is 1.35. The second kappa shape index (κ2) is 9.42. The predicted octanol–water partition coefficient (Wildman–Crippen LogP) is -0.448. The van der Waals surface area contributed by atoms with Gasteiger partial charge in [0.2, 0.25) is 11.8 Å². The smallest absolute Gasteiger partial charge is 0.353 e. The van der Waals surface area contributed by atoms with Crippen LogP contribution in [0, 0.1) is 11.8 Å². The van der Waals surface area contributed by atoms with Gasteiger partial charge in [-0.3, -0.25) is 14.4 Å². The first-order chi connectivity index (χ1) is 16.0. The third kappa shape index (κ3) is 4.29. The van der Waals surface area contributed by atoms with Crippen molar-refractivity contribution < 1.29 is 33.1 Å². The number of fused-ring (bicyclic) bond motifs is 1. The summed E-state index contributed by atoms with van der Waals surface area (Å²) in [7, 11) is 0. The molecule has 5 N–H and O–H groups in total. The number of nitrogens with one attached hydrogen (secondary N) is 2. The van der Waals surface area contributed by atoms with Crippen LogP contribution in [0.3, 0.4) is 0 Å². The fraction of sp³-hybridized carbons (Fsp3) is 0.714. The van der Waals surface area contributed by atoms with Crippen molar-refractivity contribution in [2.45, 2.75) is 62.5 Å². The van der Waals surface area contributed by atoms with Gasteiger partial charge in [-0.15, -0.1) is 11.8 Å². The molecule has 3 amide bonds. The number of hydrogen-bond acceptors (Lipinski definition) is 7. The lowest BCUT2D eigenvalue weighted by Gasteiger charge is -2.47. The lowest BCUT2D eigenvalue weighted by atomic mass is 9.78. The van der Waals surface area contributed by atoms with Gasteiger partial charge in [-0.25, -0.2) is 4.79 Å². The normalized spacial score (nSPS) is 33.9. The first-order valence-electron chi connectivity index (χ1n) is 11.3. The zero-order chi connectivity index (χ0) is 24.9. The Morgan fingerprint density at radius 1 is 1.32 bits per heavy atom. The van der Waals surface area contributed by atoms with Crippen LogP contribution < -0.4 is 16.4 Å². The Balaban J connectivity index is 1.44. The summed E-state index contributed by atoms with van der Waals surface area (Å²) < 4.78 is 25.3. The molecule has 34 heavy (non-hydrogen) atoms. The Labute approximate surface area is 199 Å². The zero-order valence-electron chi connectivity index (χ0n) is 18.9. The van der Waals surface area contributed by atoms with Crippen LogP contribution >= 0.6 is 11.8 Å². The van der Waals surface area contributed by atoms with Crippen LogP contribution in [0.5, 0.6) is 0 Å². The number of carboxylic acids is 1. The second-order valence-electron chi connectivity index (χ2n) is 9.40. The number of likely N-dealkylation sites (tertiary alicyclic amines) is 1. The Hall–Kier alpha value is -2.25. The maximum Gasteiger partial charge on any atom is 0.353 e. The van der Waals surface area contributed by atoms with Gasteiger partial charge >= 0.3 is 12.4 Å². The molecule has 188 valence electrons. The van der Waals surface area contributed by atoms with Crippen molar-refractivity contribution >= 4 is 35.5 Å². The minimum atomic E-state index is -3.20. The Kier molecular flexibility index (Phi) is 6.89. The summed E-state index contributed by atoms with van der Waals surface area (Å²) in [5, 5.41) is 15.1. The number of halogens is 2. The van der Waals surface area contributed by atoms with E-state index < -0.39 is 42.2 Å².